The van der Waals surface area contributed by atoms with Gasteiger partial charge in [0.15, 0.2) is 0 Å². The molecule has 100 valence electrons. The van der Waals surface area contributed by atoms with Crippen LogP contribution in [0.4, 0.5) is 4.39 Å². The first-order valence-electron chi connectivity index (χ1n) is 6.54. The highest BCUT2D eigenvalue weighted by atomic mass is 19.1. The monoisotopic (exact) mass is 261 g/mol. The van der Waals surface area contributed by atoms with E-state index in [0.717, 1.165) is 31.7 Å². The van der Waals surface area contributed by atoms with Crippen molar-refractivity contribution in [2.24, 2.45) is 0 Å². The smallest absolute Gasteiger partial charge is 0.141 e. The van der Waals surface area contributed by atoms with Crippen LogP contribution in [0.3, 0.4) is 0 Å². The van der Waals surface area contributed by atoms with Gasteiger partial charge in [-0.15, -0.1) is 0 Å². The zero-order chi connectivity index (χ0) is 13.2. The lowest BCUT2D eigenvalue weighted by Gasteiger charge is -2.42. The Morgan fingerprint density at radius 1 is 1.47 bits per heavy atom. The maximum absolute atomic E-state index is 13.6. The fourth-order valence-corrected chi connectivity index (χ4v) is 2.72. The molecule has 1 aromatic carbocycles. The number of hydrogen-bond acceptors (Lipinski definition) is 4. The highest BCUT2D eigenvalue weighted by molar-refractivity contribution is 5.34. The number of nitrogens with one attached hydrogen (secondary N) is 1. The van der Waals surface area contributed by atoms with Crippen LogP contribution in [-0.4, -0.2) is 43.7 Å². The Labute approximate surface area is 111 Å². The summed E-state index contributed by atoms with van der Waals surface area (Å²) in [4.78, 5) is 2.39. The summed E-state index contributed by atoms with van der Waals surface area (Å²) in [5, 5.41) is 12.1. The predicted octanol–water partition coefficient (Wildman–Crippen LogP) is 1.04. The number of halogens is 1. The van der Waals surface area contributed by atoms with Gasteiger partial charge in [0.1, 0.15) is 11.9 Å². The zero-order valence-corrected chi connectivity index (χ0v) is 10.6. The van der Waals surface area contributed by atoms with Gasteiger partial charge in [0.25, 0.3) is 0 Å². The largest absolute Gasteiger partial charge is 0.371 e. The van der Waals surface area contributed by atoms with E-state index in [-0.39, 0.29) is 11.7 Å². The Hall–Kier alpha value is -1.48. The first-order valence-corrected chi connectivity index (χ1v) is 6.54. The van der Waals surface area contributed by atoms with Gasteiger partial charge in [0.05, 0.1) is 18.3 Å². The molecule has 2 aliphatic heterocycles. The van der Waals surface area contributed by atoms with Gasteiger partial charge in [-0.2, -0.15) is 5.26 Å². The average molecular weight is 261 g/mol. The molecule has 0 bridgehead atoms. The lowest BCUT2D eigenvalue weighted by atomic mass is 10.0. The van der Waals surface area contributed by atoms with Crippen LogP contribution in [-0.2, 0) is 4.74 Å². The molecule has 0 amide bonds. The van der Waals surface area contributed by atoms with Gasteiger partial charge in [-0.05, 0) is 17.7 Å². The van der Waals surface area contributed by atoms with E-state index in [0.29, 0.717) is 12.6 Å². The van der Waals surface area contributed by atoms with Crippen molar-refractivity contribution in [2.75, 3.05) is 32.8 Å². The summed E-state index contributed by atoms with van der Waals surface area (Å²) in [7, 11) is 0. The molecule has 4 nitrogen and oxygen atoms in total. The first-order chi connectivity index (χ1) is 9.28. The quantitative estimate of drug-likeness (QED) is 0.820. The van der Waals surface area contributed by atoms with Crippen LogP contribution in [0.2, 0.25) is 0 Å². The zero-order valence-electron chi connectivity index (χ0n) is 10.6. The van der Waals surface area contributed by atoms with Gasteiger partial charge in [0, 0.05) is 32.2 Å². The van der Waals surface area contributed by atoms with Crippen LogP contribution in [0.15, 0.2) is 18.2 Å². The molecule has 2 fully saturated rings. The molecule has 2 atom stereocenters. The fraction of sp³-hybridized carbons (Fsp3) is 0.500. The molecule has 0 spiro atoms. The summed E-state index contributed by atoms with van der Waals surface area (Å²) in [6.07, 6.45) is -0.100. The third-order valence-electron chi connectivity index (χ3n) is 3.85. The fourth-order valence-electron chi connectivity index (χ4n) is 2.72. The van der Waals surface area contributed by atoms with Gasteiger partial charge in [0.2, 0.25) is 0 Å². The molecular formula is C14H16FN3O. The number of nitriles is 1. The van der Waals surface area contributed by atoms with E-state index in [9.17, 15) is 4.39 Å². The van der Waals surface area contributed by atoms with Crippen molar-refractivity contribution < 1.29 is 9.13 Å². The Bertz CT molecular complexity index is 514. The Morgan fingerprint density at radius 3 is 3.16 bits per heavy atom. The second kappa shape index (κ2) is 5.25. The molecule has 3 rings (SSSR count). The molecule has 2 aliphatic rings. The summed E-state index contributed by atoms with van der Waals surface area (Å²) >= 11 is 0. The van der Waals surface area contributed by atoms with Crippen molar-refractivity contribution >= 4 is 0 Å². The molecule has 2 saturated heterocycles. The van der Waals surface area contributed by atoms with Crippen LogP contribution < -0.4 is 5.32 Å². The van der Waals surface area contributed by atoms with E-state index in [1.54, 1.807) is 6.07 Å². The molecule has 5 heteroatoms. The SMILES string of the molecule is N#Cc1ccc([C@H]2CN3CCNC[C@@H]3CO2)cc1F. The molecular weight excluding hydrogens is 245 g/mol. The van der Waals surface area contributed by atoms with Gasteiger partial charge >= 0.3 is 0 Å². The van der Waals surface area contributed by atoms with Crippen molar-refractivity contribution in [2.45, 2.75) is 12.1 Å². The molecule has 2 heterocycles. The normalized spacial score (nSPS) is 27.6. The van der Waals surface area contributed by atoms with Crippen LogP contribution in [0.5, 0.6) is 0 Å². The summed E-state index contributed by atoms with van der Waals surface area (Å²) in [6, 6.07) is 7.00. The highest BCUT2D eigenvalue weighted by Crippen LogP contribution is 2.26. The van der Waals surface area contributed by atoms with E-state index < -0.39 is 5.82 Å². The van der Waals surface area contributed by atoms with E-state index in [1.165, 1.54) is 12.1 Å². The molecule has 0 saturated carbocycles. The van der Waals surface area contributed by atoms with Crippen LogP contribution >= 0.6 is 0 Å². The minimum absolute atomic E-state index is 0.0830. The topological polar surface area (TPSA) is 48.3 Å². The van der Waals surface area contributed by atoms with Crippen molar-refractivity contribution in [3.8, 4) is 6.07 Å². The summed E-state index contributed by atoms with van der Waals surface area (Å²) in [5.74, 6) is -0.467. The third-order valence-corrected chi connectivity index (χ3v) is 3.85. The number of rotatable bonds is 1. The Morgan fingerprint density at radius 2 is 2.37 bits per heavy atom. The Balaban J connectivity index is 1.76. The second-order valence-electron chi connectivity index (χ2n) is 5.03. The average Bonchev–Trinajstić information content (AvgIpc) is 2.46. The third kappa shape index (κ3) is 2.47. The van der Waals surface area contributed by atoms with E-state index in [4.69, 9.17) is 10.00 Å². The standard InChI is InChI=1S/C14H16FN3O/c15-13-5-10(1-2-11(13)6-16)14-8-18-4-3-17-7-12(18)9-19-14/h1-2,5,12,14,17H,3-4,7-9H2/t12-,14-/m1/s1. The summed E-state index contributed by atoms with van der Waals surface area (Å²) in [5.41, 5.74) is 0.896. The first kappa shape index (κ1) is 12.5. The van der Waals surface area contributed by atoms with Crippen molar-refractivity contribution in [1.82, 2.24) is 10.2 Å². The molecule has 19 heavy (non-hydrogen) atoms. The van der Waals surface area contributed by atoms with Crippen LogP contribution in [0.1, 0.15) is 17.2 Å². The number of piperazine rings is 1. The summed E-state index contributed by atoms with van der Waals surface area (Å²) < 4.78 is 19.5. The molecule has 1 N–H and O–H groups in total. The number of ether oxygens (including phenoxy) is 1. The lowest BCUT2D eigenvalue weighted by molar-refractivity contribution is -0.0718. The number of benzene rings is 1. The predicted molar refractivity (Wildman–Crippen MR) is 68.0 cm³/mol. The van der Waals surface area contributed by atoms with E-state index in [1.807, 2.05) is 6.07 Å². The number of fused-ring (bicyclic) bond motifs is 1. The number of morpholine rings is 1. The van der Waals surface area contributed by atoms with Gasteiger partial charge < -0.3 is 10.1 Å². The van der Waals surface area contributed by atoms with E-state index in [2.05, 4.69) is 10.2 Å². The van der Waals surface area contributed by atoms with Gasteiger partial charge in [-0.3, -0.25) is 4.90 Å². The summed E-state index contributed by atoms with van der Waals surface area (Å²) in [6.45, 7) is 4.40. The Kier molecular flexibility index (Phi) is 3.47. The van der Waals surface area contributed by atoms with Crippen molar-refractivity contribution in [1.29, 1.82) is 5.26 Å². The van der Waals surface area contributed by atoms with Gasteiger partial charge in [-0.25, -0.2) is 4.39 Å². The number of hydrogen-bond donors (Lipinski definition) is 1. The molecule has 0 aliphatic carbocycles. The highest BCUT2D eigenvalue weighted by Gasteiger charge is 2.31. The van der Waals surface area contributed by atoms with Crippen LogP contribution in [0, 0.1) is 17.1 Å². The molecule has 1 aromatic rings. The van der Waals surface area contributed by atoms with Gasteiger partial charge in [-0.1, -0.05) is 6.07 Å². The molecule has 0 aromatic heterocycles. The molecule has 0 radical (unpaired) electrons. The van der Waals surface area contributed by atoms with Crippen molar-refractivity contribution in [3.05, 3.63) is 35.1 Å². The maximum atomic E-state index is 13.6. The minimum Gasteiger partial charge on any atom is -0.371 e. The van der Waals surface area contributed by atoms with Crippen LogP contribution in [0.25, 0.3) is 0 Å². The minimum atomic E-state index is -0.467. The maximum Gasteiger partial charge on any atom is 0.141 e. The second-order valence-corrected chi connectivity index (χ2v) is 5.03. The van der Waals surface area contributed by atoms with E-state index >= 15 is 0 Å². The lowest BCUT2D eigenvalue weighted by Crippen LogP contribution is -2.57. The number of nitrogens with zero attached hydrogens (tertiary/aromatic N) is 2. The van der Waals surface area contributed by atoms with Crippen molar-refractivity contribution in [3.63, 3.8) is 0 Å². The molecule has 0 unspecified atom stereocenters.